The zero-order valence-corrected chi connectivity index (χ0v) is 13.0. The first-order valence-corrected chi connectivity index (χ1v) is 7.31. The average molecular weight is 329 g/mol. The Kier molecular flexibility index (Phi) is 4.55. The molecule has 3 rings (SSSR count). The van der Waals surface area contributed by atoms with Gasteiger partial charge in [0.15, 0.2) is 17.2 Å². The predicted molar refractivity (Wildman–Crippen MR) is 87.7 cm³/mol. The van der Waals surface area contributed by atoms with Crippen molar-refractivity contribution in [3.63, 3.8) is 0 Å². The molecule has 0 bridgehead atoms. The number of rotatable bonds is 6. The molecule has 1 amide bonds. The first kappa shape index (κ1) is 15.7. The molecule has 2 aromatic heterocycles. The second-order valence-corrected chi connectivity index (χ2v) is 5.02. The van der Waals surface area contributed by atoms with Crippen molar-refractivity contribution >= 4 is 23.1 Å². The van der Waals surface area contributed by atoms with Crippen LogP contribution in [0.2, 0.25) is 0 Å². The lowest BCUT2D eigenvalue weighted by atomic mass is 10.2. The molecule has 0 fully saturated rings. The van der Waals surface area contributed by atoms with Gasteiger partial charge >= 0.3 is 0 Å². The highest BCUT2D eigenvalue weighted by molar-refractivity contribution is 5.91. The number of amides is 1. The molecule has 2 N–H and O–H groups in total. The van der Waals surface area contributed by atoms with Crippen molar-refractivity contribution in [1.82, 2.24) is 14.4 Å². The molecule has 0 radical (unpaired) electrons. The van der Waals surface area contributed by atoms with Crippen LogP contribution in [-0.2, 0) is 4.79 Å². The number of carbonyl (C=O) groups excluding carboxylic acids is 1. The van der Waals surface area contributed by atoms with Crippen molar-refractivity contribution in [2.45, 2.75) is 6.42 Å². The zero-order valence-electron chi connectivity index (χ0n) is 13.0. The maximum atomic E-state index is 13.6. The quantitative estimate of drug-likeness (QED) is 0.725. The number of nitrogens with zero attached hydrogens (tertiary/aromatic N) is 3. The second kappa shape index (κ2) is 6.95. The SMILES string of the molecule is COc1ccc(NC(=O)CCNc2cnc3cnccn23)cc1F. The number of fused-ring (bicyclic) bond motifs is 1. The molecule has 7 nitrogen and oxygen atoms in total. The first-order chi connectivity index (χ1) is 11.7. The van der Waals surface area contributed by atoms with E-state index < -0.39 is 5.82 Å². The third-order valence-corrected chi connectivity index (χ3v) is 3.41. The Hall–Kier alpha value is -3.16. The van der Waals surface area contributed by atoms with Gasteiger partial charge in [-0.15, -0.1) is 0 Å². The molecule has 24 heavy (non-hydrogen) atoms. The molecule has 3 aromatic rings. The summed E-state index contributed by atoms with van der Waals surface area (Å²) in [6.07, 6.45) is 6.99. The fraction of sp³-hybridized carbons (Fsp3) is 0.188. The molecule has 1 aromatic carbocycles. The van der Waals surface area contributed by atoms with Gasteiger partial charge < -0.3 is 15.4 Å². The molecule has 0 aliphatic carbocycles. The topological polar surface area (TPSA) is 80.5 Å². The van der Waals surface area contributed by atoms with E-state index in [-0.39, 0.29) is 18.1 Å². The van der Waals surface area contributed by atoms with Gasteiger partial charge in [0, 0.05) is 37.1 Å². The number of carbonyl (C=O) groups is 1. The van der Waals surface area contributed by atoms with E-state index in [2.05, 4.69) is 20.6 Å². The van der Waals surface area contributed by atoms with Gasteiger partial charge in [0.05, 0.1) is 19.5 Å². The number of hydrogen-bond donors (Lipinski definition) is 2. The number of aromatic nitrogens is 3. The molecule has 2 heterocycles. The van der Waals surface area contributed by atoms with E-state index in [1.54, 1.807) is 30.9 Å². The minimum atomic E-state index is -0.521. The highest BCUT2D eigenvalue weighted by atomic mass is 19.1. The third kappa shape index (κ3) is 3.43. The smallest absolute Gasteiger partial charge is 0.226 e. The molecule has 0 aliphatic heterocycles. The summed E-state index contributed by atoms with van der Waals surface area (Å²) in [4.78, 5) is 20.1. The van der Waals surface area contributed by atoms with E-state index in [4.69, 9.17) is 4.74 Å². The third-order valence-electron chi connectivity index (χ3n) is 3.41. The minimum absolute atomic E-state index is 0.136. The van der Waals surface area contributed by atoms with E-state index in [0.717, 1.165) is 11.5 Å². The summed E-state index contributed by atoms with van der Waals surface area (Å²) < 4.78 is 20.3. The fourth-order valence-corrected chi connectivity index (χ4v) is 2.24. The monoisotopic (exact) mass is 329 g/mol. The van der Waals surface area contributed by atoms with Gasteiger partial charge in [-0.3, -0.25) is 14.2 Å². The number of hydrogen-bond acceptors (Lipinski definition) is 5. The molecule has 0 spiro atoms. The normalized spacial score (nSPS) is 10.6. The number of halogens is 1. The van der Waals surface area contributed by atoms with Crippen LogP contribution in [-0.4, -0.2) is 33.9 Å². The average Bonchev–Trinajstić information content (AvgIpc) is 2.98. The Bertz CT molecular complexity index is 865. The maximum Gasteiger partial charge on any atom is 0.226 e. The van der Waals surface area contributed by atoms with Crippen LogP contribution in [0.1, 0.15) is 6.42 Å². The molecule has 0 atom stereocenters. The summed E-state index contributed by atoms with van der Waals surface area (Å²) >= 11 is 0. The van der Waals surface area contributed by atoms with Crippen LogP contribution in [0.15, 0.2) is 43.0 Å². The van der Waals surface area contributed by atoms with Crippen LogP contribution < -0.4 is 15.4 Å². The molecule has 0 saturated carbocycles. The van der Waals surface area contributed by atoms with Crippen molar-refractivity contribution in [2.75, 3.05) is 24.3 Å². The Morgan fingerprint density at radius 2 is 2.25 bits per heavy atom. The Morgan fingerprint density at radius 3 is 3.04 bits per heavy atom. The highest BCUT2D eigenvalue weighted by Crippen LogP contribution is 2.20. The molecule has 8 heteroatoms. The fourth-order valence-electron chi connectivity index (χ4n) is 2.24. The lowest BCUT2D eigenvalue weighted by Gasteiger charge is -2.08. The summed E-state index contributed by atoms with van der Waals surface area (Å²) in [7, 11) is 1.39. The van der Waals surface area contributed by atoms with Crippen molar-refractivity contribution in [2.24, 2.45) is 0 Å². The van der Waals surface area contributed by atoms with E-state index in [9.17, 15) is 9.18 Å². The lowest BCUT2D eigenvalue weighted by molar-refractivity contribution is -0.115. The number of imidazole rings is 1. The van der Waals surface area contributed by atoms with Crippen LogP contribution in [0, 0.1) is 5.82 Å². The van der Waals surface area contributed by atoms with Crippen LogP contribution in [0.3, 0.4) is 0 Å². The molecule has 124 valence electrons. The summed E-state index contributed by atoms with van der Waals surface area (Å²) in [5, 5.41) is 5.78. The van der Waals surface area contributed by atoms with Crippen molar-refractivity contribution in [1.29, 1.82) is 0 Å². The summed E-state index contributed by atoms with van der Waals surface area (Å²) in [6.45, 7) is 0.417. The molecular weight excluding hydrogens is 313 g/mol. The summed E-state index contributed by atoms with van der Waals surface area (Å²) in [5.74, 6) is 0.169. The van der Waals surface area contributed by atoms with E-state index in [0.29, 0.717) is 12.2 Å². The number of anilines is 2. The van der Waals surface area contributed by atoms with Gasteiger partial charge in [-0.25, -0.2) is 9.37 Å². The molecule has 0 aliphatic rings. The Labute approximate surface area is 137 Å². The van der Waals surface area contributed by atoms with Gasteiger partial charge in [0.1, 0.15) is 5.82 Å². The maximum absolute atomic E-state index is 13.6. The van der Waals surface area contributed by atoms with Crippen molar-refractivity contribution < 1.29 is 13.9 Å². The zero-order chi connectivity index (χ0) is 16.9. The van der Waals surface area contributed by atoms with Crippen molar-refractivity contribution in [3.8, 4) is 5.75 Å². The van der Waals surface area contributed by atoms with Crippen LogP contribution in [0.4, 0.5) is 15.9 Å². The van der Waals surface area contributed by atoms with Crippen LogP contribution >= 0.6 is 0 Å². The standard InChI is InChI=1S/C16H16FN5O2/c1-24-13-3-2-11(8-12(13)17)21-16(23)4-5-19-15-10-20-14-9-18-6-7-22(14)15/h2-3,6-10,19H,4-5H2,1H3,(H,21,23). The second-order valence-electron chi connectivity index (χ2n) is 5.02. The first-order valence-electron chi connectivity index (χ1n) is 7.31. The van der Waals surface area contributed by atoms with Gasteiger partial charge in [0.25, 0.3) is 0 Å². The van der Waals surface area contributed by atoms with E-state index >= 15 is 0 Å². The number of methoxy groups -OCH3 is 1. The van der Waals surface area contributed by atoms with Gasteiger partial charge in [-0.05, 0) is 12.1 Å². The van der Waals surface area contributed by atoms with Gasteiger partial charge in [0.2, 0.25) is 5.91 Å². The minimum Gasteiger partial charge on any atom is -0.494 e. The number of ether oxygens (including phenoxy) is 1. The van der Waals surface area contributed by atoms with E-state index in [1.807, 2.05) is 4.40 Å². The Balaban J connectivity index is 1.53. The van der Waals surface area contributed by atoms with Gasteiger partial charge in [-0.1, -0.05) is 0 Å². The van der Waals surface area contributed by atoms with Gasteiger partial charge in [-0.2, -0.15) is 0 Å². The number of nitrogens with one attached hydrogen (secondary N) is 2. The molecule has 0 unspecified atom stereocenters. The number of benzene rings is 1. The molecule has 0 saturated heterocycles. The summed E-state index contributed by atoms with van der Waals surface area (Å²) in [6, 6.07) is 4.28. The summed E-state index contributed by atoms with van der Waals surface area (Å²) in [5.41, 5.74) is 1.11. The lowest BCUT2D eigenvalue weighted by Crippen LogP contribution is -2.16. The van der Waals surface area contributed by atoms with E-state index in [1.165, 1.54) is 19.2 Å². The predicted octanol–water partition coefficient (Wildman–Crippen LogP) is 2.32. The van der Waals surface area contributed by atoms with Crippen molar-refractivity contribution in [3.05, 3.63) is 48.8 Å². The van der Waals surface area contributed by atoms with Crippen LogP contribution in [0.5, 0.6) is 5.75 Å². The van der Waals surface area contributed by atoms with Crippen LogP contribution in [0.25, 0.3) is 5.65 Å². The molecular formula is C16H16FN5O2. The largest absolute Gasteiger partial charge is 0.494 e. The Morgan fingerprint density at radius 1 is 1.38 bits per heavy atom. The highest BCUT2D eigenvalue weighted by Gasteiger charge is 2.07.